The van der Waals surface area contributed by atoms with E-state index < -0.39 is 5.82 Å². The van der Waals surface area contributed by atoms with Gasteiger partial charge in [0.15, 0.2) is 11.6 Å². The first-order valence-electron chi connectivity index (χ1n) is 6.54. The fourth-order valence-corrected chi connectivity index (χ4v) is 1.98. The van der Waals surface area contributed by atoms with E-state index in [4.69, 9.17) is 16.3 Å². The summed E-state index contributed by atoms with van der Waals surface area (Å²) < 4.78 is 19.5. The van der Waals surface area contributed by atoms with E-state index in [1.165, 1.54) is 6.07 Å². The van der Waals surface area contributed by atoms with E-state index in [0.29, 0.717) is 5.75 Å². The molecule has 0 saturated carbocycles. The third-order valence-corrected chi connectivity index (χ3v) is 3.26. The standard InChI is InChI=1S/C16H17ClFNO/c1-3-19-10-12-8-7-11(2)15(9-12)20-14-6-4-5-13(17)16(14)18/h4-9,19H,3,10H2,1-2H3. The lowest BCUT2D eigenvalue weighted by Crippen LogP contribution is -2.11. The first-order valence-corrected chi connectivity index (χ1v) is 6.91. The highest BCUT2D eigenvalue weighted by molar-refractivity contribution is 6.30. The van der Waals surface area contributed by atoms with Gasteiger partial charge >= 0.3 is 0 Å². The zero-order valence-corrected chi connectivity index (χ0v) is 12.3. The maximum absolute atomic E-state index is 13.9. The third kappa shape index (κ3) is 3.50. The van der Waals surface area contributed by atoms with Crippen LogP contribution in [0.3, 0.4) is 0 Å². The van der Waals surface area contributed by atoms with Gasteiger partial charge in [0.05, 0.1) is 5.02 Å². The Morgan fingerprint density at radius 1 is 1.20 bits per heavy atom. The van der Waals surface area contributed by atoms with Crippen LogP contribution in [-0.2, 0) is 6.54 Å². The monoisotopic (exact) mass is 293 g/mol. The summed E-state index contributed by atoms with van der Waals surface area (Å²) in [6.07, 6.45) is 0. The number of nitrogens with one attached hydrogen (secondary N) is 1. The quantitative estimate of drug-likeness (QED) is 0.863. The Morgan fingerprint density at radius 2 is 2.00 bits per heavy atom. The molecule has 0 radical (unpaired) electrons. The molecular formula is C16H17ClFNO. The van der Waals surface area contributed by atoms with Crippen LogP contribution in [0.15, 0.2) is 36.4 Å². The highest BCUT2D eigenvalue weighted by Crippen LogP contribution is 2.31. The lowest BCUT2D eigenvalue weighted by Gasteiger charge is -2.12. The Hall–Kier alpha value is -1.58. The van der Waals surface area contributed by atoms with Crippen molar-refractivity contribution in [2.75, 3.05) is 6.54 Å². The van der Waals surface area contributed by atoms with Crippen LogP contribution in [0.2, 0.25) is 5.02 Å². The highest BCUT2D eigenvalue weighted by atomic mass is 35.5. The van der Waals surface area contributed by atoms with Crippen LogP contribution in [0.4, 0.5) is 4.39 Å². The molecule has 0 aliphatic heterocycles. The molecule has 106 valence electrons. The molecule has 4 heteroatoms. The van der Waals surface area contributed by atoms with Crippen molar-refractivity contribution < 1.29 is 9.13 Å². The minimum Gasteiger partial charge on any atom is -0.454 e. The first kappa shape index (κ1) is 14.8. The van der Waals surface area contributed by atoms with Gasteiger partial charge < -0.3 is 10.1 Å². The molecule has 0 fully saturated rings. The van der Waals surface area contributed by atoms with Crippen LogP contribution in [0.25, 0.3) is 0 Å². The van der Waals surface area contributed by atoms with Gasteiger partial charge in [-0.25, -0.2) is 4.39 Å². The molecule has 2 aromatic carbocycles. The highest BCUT2D eigenvalue weighted by Gasteiger charge is 2.10. The minimum atomic E-state index is -0.536. The van der Waals surface area contributed by atoms with E-state index in [1.54, 1.807) is 12.1 Å². The summed E-state index contributed by atoms with van der Waals surface area (Å²) in [6, 6.07) is 10.6. The fraction of sp³-hybridized carbons (Fsp3) is 0.250. The number of hydrogen-bond donors (Lipinski definition) is 1. The van der Waals surface area contributed by atoms with E-state index in [-0.39, 0.29) is 10.8 Å². The van der Waals surface area contributed by atoms with Gasteiger partial charge in [-0.1, -0.05) is 36.7 Å². The number of rotatable bonds is 5. The molecule has 0 atom stereocenters. The van der Waals surface area contributed by atoms with Gasteiger partial charge in [0, 0.05) is 6.54 Å². The number of hydrogen-bond acceptors (Lipinski definition) is 2. The van der Waals surface area contributed by atoms with Gasteiger partial charge in [-0.05, 0) is 42.8 Å². The summed E-state index contributed by atoms with van der Waals surface area (Å²) in [5.74, 6) is 0.244. The average molecular weight is 294 g/mol. The number of halogens is 2. The molecule has 20 heavy (non-hydrogen) atoms. The fourth-order valence-electron chi connectivity index (χ4n) is 1.82. The van der Waals surface area contributed by atoms with E-state index in [0.717, 1.165) is 24.2 Å². The second-order valence-electron chi connectivity index (χ2n) is 4.53. The van der Waals surface area contributed by atoms with Crippen LogP contribution in [0.1, 0.15) is 18.1 Å². The SMILES string of the molecule is CCNCc1ccc(C)c(Oc2cccc(Cl)c2F)c1. The Bertz CT molecular complexity index is 601. The van der Waals surface area contributed by atoms with Gasteiger partial charge in [0.1, 0.15) is 5.75 Å². The molecule has 2 nitrogen and oxygen atoms in total. The Kier molecular flexibility index (Phi) is 4.99. The Labute approximate surface area is 123 Å². The normalized spacial score (nSPS) is 10.6. The third-order valence-electron chi connectivity index (χ3n) is 2.97. The van der Waals surface area contributed by atoms with Gasteiger partial charge in [-0.3, -0.25) is 0 Å². The van der Waals surface area contributed by atoms with E-state index >= 15 is 0 Å². The molecule has 0 amide bonds. The zero-order chi connectivity index (χ0) is 14.5. The second kappa shape index (κ2) is 6.73. The molecule has 0 aliphatic rings. The topological polar surface area (TPSA) is 21.3 Å². The molecule has 0 saturated heterocycles. The number of benzene rings is 2. The van der Waals surface area contributed by atoms with E-state index in [1.807, 2.05) is 32.0 Å². The van der Waals surface area contributed by atoms with Crippen LogP contribution in [-0.4, -0.2) is 6.54 Å². The van der Waals surface area contributed by atoms with Crippen molar-refractivity contribution in [3.05, 3.63) is 58.4 Å². The van der Waals surface area contributed by atoms with Crippen molar-refractivity contribution in [3.8, 4) is 11.5 Å². The largest absolute Gasteiger partial charge is 0.454 e. The molecule has 1 N–H and O–H groups in total. The summed E-state index contributed by atoms with van der Waals surface area (Å²) in [5, 5.41) is 3.30. The summed E-state index contributed by atoms with van der Waals surface area (Å²) in [4.78, 5) is 0. The number of ether oxygens (including phenoxy) is 1. The van der Waals surface area contributed by atoms with Crippen LogP contribution >= 0.6 is 11.6 Å². The predicted molar refractivity (Wildman–Crippen MR) is 80.0 cm³/mol. The molecule has 0 aliphatic carbocycles. The van der Waals surface area contributed by atoms with Crippen LogP contribution in [0.5, 0.6) is 11.5 Å². The van der Waals surface area contributed by atoms with E-state index in [2.05, 4.69) is 5.32 Å². The molecule has 0 bridgehead atoms. The molecule has 0 spiro atoms. The average Bonchev–Trinajstić information content (AvgIpc) is 2.44. The van der Waals surface area contributed by atoms with Crippen molar-refractivity contribution in [3.63, 3.8) is 0 Å². The maximum Gasteiger partial charge on any atom is 0.184 e. The van der Waals surface area contributed by atoms with Gasteiger partial charge in [-0.15, -0.1) is 0 Å². The van der Waals surface area contributed by atoms with Crippen molar-refractivity contribution in [2.24, 2.45) is 0 Å². The van der Waals surface area contributed by atoms with Gasteiger partial charge in [0.2, 0.25) is 0 Å². The van der Waals surface area contributed by atoms with Crippen molar-refractivity contribution in [1.82, 2.24) is 5.32 Å². The van der Waals surface area contributed by atoms with Crippen molar-refractivity contribution in [2.45, 2.75) is 20.4 Å². The first-order chi connectivity index (χ1) is 9.61. The number of aryl methyl sites for hydroxylation is 1. The lowest BCUT2D eigenvalue weighted by molar-refractivity contribution is 0.439. The Morgan fingerprint density at radius 3 is 2.75 bits per heavy atom. The Balaban J connectivity index is 2.26. The lowest BCUT2D eigenvalue weighted by atomic mass is 10.1. The van der Waals surface area contributed by atoms with Crippen molar-refractivity contribution >= 4 is 11.6 Å². The molecule has 0 heterocycles. The molecule has 0 unspecified atom stereocenters. The molecule has 2 aromatic rings. The van der Waals surface area contributed by atoms with Crippen LogP contribution in [0, 0.1) is 12.7 Å². The summed E-state index contributed by atoms with van der Waals surface area (Å²) >= 11 is 5.75. The van der Waals surface area contributed by atoms with Gasteiger partial charge in [-0.2, -0.15) is 0 Å². The molecule has 0 aromatic heterocycles. The molecule has 2 rings (SSSR count). The predicted octanol–water partition coefficient (Wildman–Crippen LogP) is 4.69. The smallest absolute Gasteiger partial charge is 0.184 e. The zero-order valence-electron chi connectivity index (χ0n) is 11.5. The molecular weight excluding hydrogens is 277 g/mol. The second-order valence-corrected chi connectivity index (χ2v) is 4.94. The van der Waals surface area contributed by atoms with E-state index in [9.17, 15) is 4.39 Å². The van der Waals surface area contributed by atoms with Crippen LogP contribution < -0.4 is 10.1 Å². The summed E-state index contributed by atoms with van der Waals surface area (Å²) in [7, 11) is 0. The summed E-state index contributed by atoms with van der Waals surface area (Å²) in [6.45, 7) is 5.62. The maximum atomic E-state index is 13.9. The minimum absolute atomic E-state index is 0.0592. The summed E-state index contributed by atoms with van der Waals surface area (Å²) in [5.41, 5.74) is 2.04. The van der Waals surface area contributed by atoms with Crippen molar-refractivity contribution in [1.29, 1.82) is 0 Å². The van der Waals surface area contributed by atoms with Gasteiger partial charge in [0.25, 0.3) is 0 Å².